The summed E-state index contributed by atoms with van der Waals surface area (Å²) in [7, 11) is 0. The SMILES string of the molecule is CCCn1ccnc1CC1CC(CC)CCN1. The van der Waals surface area contributed by atoms with Gasteiger partial charge in [-0.1, -0.05) is 20.3 Å². The molecule has 1 aromatic heterocycles. The van der Waals surface area contributed by atoms with E-state index in [1.165, 1.54) is 38.1 Å². The fourth-order valence-electron chi connectivity index (χ4n) is 2.82. The number of aryl methyl sites for hydroxylation is 1. The molecule has 0 spiro atoms. The molecular weight excluding hydrogens is 210 g/mol. The van der Waals surface area contributed by atoms with Gasteiger partial charge in [0.25, 0.3) is 0 Å². The largest absolute Gasteiger partial charge is 0.335 e. The van der Waals surface area contributed by atoms with Crippen LogP contribution in [0.4, 0.5) is 0 Å². The fraction of sp³-hybridized carbons (Fsp3) is 0.786. The minimum atomic E-state index is 0.631. The van der Waals surface area contributed by atoms with E-state index in [2.05, 4.69) is 34.9 Å². The molecule has 0 amide bonds. The standard InChI is InChI=1S/C14H25N3/c1-3-8-17-9-7-16-14(17)11-13-10-12(4-2)5-6-15-13/h7,9,12-13,15H,3-6,8,10-11H2,1-2H3. The van der Waals surface area contributed by atoms with Crippen molar-refractivity contribution < 1.29 is 0 Å². The second-order valence-corrected chi connectivity index (χ2v) is 5.19. The highest BCUT2D eigenvalue weighted by atomic mass is 15.1. The van der Waals surface area contributed by atoms with Crippen LogP contribution in [0.1, 0.15) is 45.4 Å². The van der Waals surface area contributed by atoms with Crippen LogP contribution in [-0.2, 0) is 13.0 Å². The van der Waals surface area contributed by atoms with Crippen LogP contribution in [0.15, 0.2) is 12.4 Å². The summed E-state index contributed by atoms with van der Waals surface area (Å²) >= 11 is 0. The molecule has 0 aromatic carbocycles. The Morgan fingerprint density at radius 1 is 1.47 bits per heavy atom. The van der Waals surface area contributed by atoms with Crippen molar-refractivity contribution >= 4 is 0 Å². The van der Waals surface area contributed by atoms with Crippen LogP contribution in [0.2, 0.25) is 0 Å². The molecule has 0 saturated carbocycles. The first-order valence-electron chi connectivity index (χ1n) is 7.06. The lowest BCUT2D eigenvalue weighted by Crippen LogP contribution is -2.39. The lowest BCUT2D eigenvalue weighted by Gasteiger charge is -2.29. The molecule has 0 aliphatic carbocycles. The summed E-state index contributed by atoms with van der Waals surface area (Å²) in [5.41, 5.74) is 0. The average molecular weight is 235 g/mol. The maximum atomic E-state index is 4.50. The molecule has 0 radical (unpaired) electrons. The van der Waals surface area contributed by atoms with Crippen LogP contribution < -0.4 is 5.32 Å². The van der Waals surface area contributed by atoms with Crippen LogP contribution in [0.25, 0.3) is 0 Å². The molecule has 1 aromatic rings. The first-order chi connectivity index (χ1) is 8.33. The molecule has 1 fully saturated rings. The zero-order chi connectivity index (χ0) is 12.1. The van der Waals surface area contributed by atoms with Crippen molar-refractivity contribution in [1.82, 2.24) is 14.9 Å². The highest BCUT2D eigenvalue weighted by Gasteiger charge is 2.21. The predicted octanol–water partition coefficient (Wildman–Crippen LogP) is 2.61. The number of hydrogen-bond acceptors (Lipinski definition) is 2. The van der Waals surface area contributed by atoms with Crippen molar-refractivity contribution in [3.8, 4) is 0 Å². The summed E-state index contributed by atoms with van der Waals surface area (Å²) in [6.45, 7) is 6.80. The van der Waals surface area contributed by atoms with Crippen molar-refractivity contribution in [2.45, 2.75) is 58.5 Å². The van der Waals surface area contributed by atoms with Crippen LogP contribution >= 0.6 is 0 Å². The van der Waals surface area contributed by atoms with Gasteiger partial charge in [0.1, 0.15) is 5.82 Å². The number of piperidine rings is 1. The summed E-state index contributed by atoms with van der Waals surface area (Å²) in [6.07, 6.45) is 10.3. The number of rotatable bonds is 5. The van der Waals surface area contributed by atoms with Crippen LogP contribution in [0.5, 0.6) is 0 Å². The zero-order valence-corrected chi connectivity index (χ0v) is 11.2. The van der Waals surface area contributed by atoms with Crippen molar-refractivity contribution in [2.24, 2.45) is 5.92 Å². The number of hydrogen-bond donors (Lipinski definition) is 1. The lowest BCUT2D eigenvalue weighted by atomic mass is 9.89. The third kappa shape index (κ3) is 3.32. The van der Waals surface area contributed by atoms with E-state index in [9.17, 15) is 0 Å². The first kappa shape index (κ1) is 12.6. The second-order valence-electron chi connectivity index (χ2n) is 5.19. The van der Waals surface area contributed by atoms with E-state index in [1.54, 1.807) is 0 Å². The van der Waals surface area contributed by atoms with Gasteiger partial charge in [-0.25, -0.2) is 4.98 Å². The Morgan fingerprint density at radius 3 is 3.12 bits per heavy atom. The molecule has 96 valence electrons. The lowest BCUT2D eigenvalue weighted by molar-refractivity contribution is 0.290. The summed E-state index contributed by atoms with van der Waals surface area (Å²) in [5, 5.41) is 3.64. The maximum Gasteiger partial charge on any atom is 0.110 e. The molecule has 17 heavy (non-hydrogen) atoms. The Kier molecular flexibility index (Phi) is 4.60. The normalized spacial score (nSPS) is 25.1. The fourth-order valence-corrected chi connectivity index (χ4v) is 2.82. The molecule has 1 aliphatic heterocycles. The topological polar surface area (TPSA) is 29.9 Å². The number of imidazole rings is 1. The van der Waals surface area contributed by atoms with Gasteiger partial charge in [-0.3, -0.25) is 0 Å². The Bertz CT molecular complexity index is 332. The van der Waals surface area contributed by atoms with Gasteiger partial charge >= 0.3 is 0 Å². The molecule has 2 heterocycles. The zero-order valence-electron chi connectivity index (χ0n) is 11.2. The minimum absolute atomic E-state index is 0.631. The quantitative estimate of drug-likeness (QED) is 0.850. The minimum Gasteiger partial charge on any atom is -0.335 e. The number of nitrogens with zero attached hydrogens (tertiary/aromatic N) is 2. The van der Waals surface area contributed by atoms with Gasteiger partial charge in [-0.05, 0) is 31.7 Å². The van der Waals surface area contributed by atoms with Crippen LogP contribution in [0.3, 0.4) is 0 Å². The van der Waals surface area contributed by atoms with Crippen LogP contribution in [-0.4, -0.2) is 22.1 Å². The summed E-state index contributed by atoms with van der Waals surface area (Å²) < 4.78 is 2.30. The molecule has 1 aliphatic rings. The third-order valence-corrected chi connectivity index (χ3v) is 3.88. The monoisotopic (exact) mass is 235 g/mol. The van der Waals surface area contributed by atoms with E-state index >= 15 is 0 Å². The van der Waals surface area contributed by atoms with Crippen LogP contribution in [0, 0.1) is 5.92 Å². The highest BCUT2D eigenvalue weighted by molar-refractivity contribution is 4.97. The summed E-state index contributed by atoms with van der Waals surface area (Å²) in [5.74, 6) is 2.16. The van der Waals surface area contributed by atoms with E-state index in [0.717, 1.165) is 18.9 Å². The molecule has 2 unspecified atom stereocenters. The van der Waals surface area contributed by atoms with E-state index < -0.39 is 0 Å². The smallest absolute Gasteiger partial charge is 0.110 e. The molecule has 1 N–H and O–H groups in total. The Hall–Kier alpha value is -0.830. The number of aromatic nitrogens is 2. The van der Waals surface area contributed by atoms with Gasteiger partial charge in [-0.15, -0.1) is 0 Å². The summed E-state index contributed by atoms with van der Waals surface area (Å²) in [4.78, 5) is 4.50. The molecule has 2 rings (SSSR count). The van der Waals surface area contributed by atoms with Crippen molar-refractivity contribution in [1.29, 1.82) is 0 Å². The molecular formula is C14H25N3. The van der Waals surface area contributed by atoms with E-state index in [1.807, 2.05) is 6.20 Å². The first-order valence-corrected chi connectivity index (χ1v) is 7.06. The van der Waals surface area contributed by atoms with Gasteiger partial charge in [0, 0.05) is 31.4 Å². The molecule has 3 heteroatoms. The number of nitrogens with one attached hydrogen (secondary N) is 1. The van der Waals surface area contributed by atoms with Crippen molar-refractivity contribution in [3.63, 3.8) is 0 Å². The average Bonchev–Trinajstić information content (AvgIpc) is 2.78. The van der Waals surface area contributed by atoms with Gasteiger partial charge in [0.2, 0.25) is 0 Å². The van der Waals surface area contributed by atoms with Gasteiger partial charge in [-0.2, -0.15) is 0 Å². The van der Waals surface area contributed by atoms with Crippen molar-refractivity contribution in [2.75, 3.05) is 6.54 Å². The second kappa shape index (κ2) is 6.20. The van der Waals surface area contributed by atoms with E-state index in [-0.39, 0.29) is 0 Å². The predicted molar refractivity (Wildman–Crippen MR) is 71.0 cm³/mol. The van der Waals surface area contributed by atoms with Gasteiger partial charge in [0.15, 0.2) is 0 Å². The highest BCUT2D eigenvalue weighted by Crippen LogP contribution is 2.21. The van der Waals surface area contributed by atoms with Gasteiger partial charge in [0.05, 0.1) is 0 Å². The van der Waals surface area contributed by atoms with E-state index in [0.29, 0.717) is 6.04 Å². The maximum absolute atomic E-state index is 4.50. The molecule has 2 atom stereocenters. The van der Waals surface area contributed by atoms with Crippen molar-refractivity contribution in [3.05, 3.63) is 18.2 Å². The Labute approximate surface area is 105 Å². The Balaban J connectivity index is 1.93. The summed E-state index contributed by atoms with van der Waals surface area (Å²) in [6, 6.07) is 0.631. The Morgan fingerprint density at radius 2 is 2.35 bits per heavy atom. The molecule has 3 nitrogen and oxygen atoms in total. The molecule has 0 bridgehead atoms. The molecule has 1 saturated heterocycles. The third-order valence-electron chi connectivity index (χ3n) is 3.88. The van der Waals surface area contributed by atoms with Gasteiger partial charge < -0.3 is 9.88 Å². The van der Waals surface area contributed by atoms with E-state index in [4.69, 9.17) is 0 Å².